The van der Waals surface area contributed by atoms with Crippen LogP contribution in [0.1, 0.15) is 23.2 Å². The zero-order valence-electron chi connectivity index (χ0n) is 10.6. The van der Waals surface area contributed by atoms with Gasteiger partial charge in [0.05, 0.1) is 7.11 Å². The Kier molecular flexibility index (Phi) is 5.57. The molecular weight excluding hydrogens is 271 g/mol. The van der Waals surface area contributed by atoms with Crippen LogP contribution in [0.5, 0.6) is 0 Å². The Hall–Kier alpha value is -2.51. The zero-order chi connectivity index (χ0) is 15.1. The summed E-state index contributed by atoms with van der Waals surface area (Å²) in [5.41, 5.74) is -0.0539. The number of halogens is 1. The van der Waals surface area contributed by atoms with Gasteiger partial charge >= 0.3 is 11.9 Å². The quantitative estimate of drug-likeness (QED) is 0.577. The van der Waals surface area contributed by atoms with Crippen LogP contribution in [-0.2, 0) is 14.3 Å². The van der Waals surface area contributed by atoms with Crippen molar-refractivity contribution in [1.29, 1.82) is 0 Å². The van der Waals surface area contributed by atoms with Gasteiger partial charge in [0.25, 0.3) is 5.91 Å². The number of methoxy groups -OCH3 is 1. The van der Waals surface area contributed by atoms with Crippen molar-refractivity contribution in [3.63, 3.8) is 0 Å². The number of aromatic nitrogens is 1. The third kappa shape index (κ3) is 4.63. The lowest BCUT2D eigenvalue weighted by atomic mass is 10.1. The molecule has 1 rings (SSSR count). The molecule has 8 heteroatoms. The molecule has 20 heavy (non-hydrogen) atoms. The van der Waals surface area contributed by atoms with Gasteiger partial charge in [-0.1, -0.05) is 0 Å². The minimum absolute atomic E-state index is 0.0539. The van der Waals surface area contributed by atoms with Crippen LogP contribution in [0.4, 0.5) is 4.39 Å². The van der Waals surface area contributed by atoms with Crippen molar-refractivity contribution >= 4 is 17.8 Å². The Balaban J connectivity index is 2.68. The lowest BCUT2D eigenvalue weighted by Gasteiger charge is -2.13. The number of rotatable bonds is 6. The normalized spacial score (nSPS) is 11.5. The maximum atomic E-state index is 12.9. The van der Waals surface area contributed by atoms with E-state index >= 15 is 0 Å². The number of carbonyl (C=O) groups is 3. The number of nitrogens with zero attached hydrogens (tertiary/aromatic N) is 1. The minimum Gasteiger partial charge on any atom is -0.480 e. The van der Waals surface area contributed by atoms with E-state index in [0.717, 1.165) is 12.3 Å². The molecule has 0 bridgehead atoms. The molecule has 2 N–H and O–H groups in total. The van der Waals surface area contributed by atoms with Crippen molar-refractivity contribution in [1.82, 2.24) is 10.3 Å². The van der Waals surface area contributed by atoms with Gasteiger partial charge in [0.15, 0.2) is 0 Å². The molecular formula is C12H13FN2O5. The van der Waals surface area contributed by atoms with Gasteiger partial charge in [0.1, 0.15) is 6.04 Å². The van der Waals surface area contributed by atoms with Crippen molar-refractivity contribution in [3.8, 4) is 0 Å². The van der Waals surface area contributed by atoms with Crippen LogP contribution in [0.3, 0.4) is 0 Å². The maximum Gasteiger partial charge on any atom is 0.326 e. The van der Waals surface area contributed by atoms with Crippen LogP contribution in [0.25, 0.3) is 0 Å². The molecule has 0 unspecified atom stereocenters. The number of hydrogen-bond acceptors (Lipinski definition) is 5. The van der Waals surface area contributed by atoms with Crippen LogP contribution in [0.15, 0.2) is 18.3 Å². The maximum absolute atomic E-state index is 12.9. The zero-order valence-corrected chi connectivity index (χ0v) is 10.6. The molecule has 0 aliphatic rings. The molecule has 0 aliphatic heterocycles. The van der Waals surface area contributed by atoms with Gasteiger partial charge in [-0.2, -0.15) is 4.39 Å². The fourth-order valence-corrected chi connectivity index (χ4v) is 1.41. The van der Waals surface area contributed by atoms with E-state index in [1.807, 2.05) is 0 Å². The molecule has 0 aromatic carbocycles. The van der Waals surface area contributed by atoms with E-state index in [9.17, 15) is 18.8 Å². The number of hydrogen-bond donors (Lipinski definition) is 2. The molecule has 1 amide bonds. The number of ether oxygens (including phenoxy) is 1. The molecule has 0 radical (unpaired) electrons. The summed E-state index contributed by atoms with van der Waals surface area (Å²) < 4.78 is 17.2. The summed E-state index contributed by atoms with van der Waals surface area (Å²) in [6.07, 6.45) is 0.814. The van der Waals surface area contributed by atoms with Crippen molar-refractivity contribution in [2.45, 2.75) is 18.9 Å². The number of carbonyl (C=O) groups excluding carboxylic acids is 2. The number of amides is 1. The Morgan fingerprint density at radius 1 is 1.50 bits per heavy atom. The molecule has 0 spiro atoms. The molecule has 1 aromatic heterocycles. The van der Waals surface area contributed by atoms with Crippen molar-refractivity contribution in [2.75, 3.05) is 7.11 Å². The van der Waals surface area contributed by atoms with E-state index < -0.39 is 29.8 Å². The molecule has 1 heterocycles. The van der Waals surface area contributed by atoms with Gasteiger partial charge < -0.3 is 15.2 Å². The van der Waals surface area contributed by atoms with E-state index in [1.165, 1.54) is 13.2 Å². The number of carboxylic acids is 1. The predicted molar refractivity (Wildman–Crippen MR) is 64.3 cm³/mol. The smallest absolute Gasteiger partial charge is 0.326 e. The van der Waals surface area contributed by atoms with Crippen LogP contribution in [0.2, 0.25) is 0 Å². The topological polar surface area (TPSA) is 106 Å². The molecule has 1 aromatic rings. The lowest BCUT2D eigenvalue weighted by Crippen LogP contribution is -2.41. The highest BCUT2D eigenvalue weighted by Crippen LogP contribution is 2.04. The van der Waals surface area contributed by atoms with Gasteiger partial charge in [-0.25, -0.2) is 9.78 Å². The number of pyridine rings is 1. The highest BCUT2D eigenvalue weighted by atomic mass is 19.1. The third-order valence-electron chi connectivity index (χ3n) is 2.46. The van der Waals surface area contributed by atoms with Crippen LogP contribution in [0, 0.1) is 5.95 Å². The van der Waals surface area contributed by atoms with E-state index in [-0.39, 0.29) is 18.4 Å². The molecule has 0 fully saturated rings. The first-order valence-corrected chi connectivity index (χ1v) is 5.66. The first-order valence-electron chi connectivity index (χ1n) is 5.66. The van der Waals surface area contributed by atoms with Gasteiger partial charge in [-0.3, -0.25) is 9.59 Å². The monoisotopic (exact) mass is 284 g/mol. The van der Waals surface area contributed by atoms with Crippen molar-refractivity contribution < 1.29 is 28.6 Å². The van der Waals surface area contributed by atoms with Crippen LogP contribution >= 0.6 is 0 Å². The Bertz CT molecular complexity index is 520. The third-order valence-corrected chi connectivity index (χ3v) is 2.46. The number of esters is 1. The van der Waals surface area contributed by atoms with Gasteiger partial charge in [0.2, 0.25) is 5.95 Å². The summed E-state index contributed by atoms with van der Waals surface area (Å²) in [5, 5.41) is 11.2. The average Bonchev–Trinajstić information content (AvgIpc) is 2.42. The highest BCUT2D eigenvalue weighted by Gasteiger charge is 2.22. The molecule has 1 atom stereocenters. The second-order valence-electron chi connectivity index (χ2n) is 3.85. The molecule has 0 aliphatic carbocycles. The second-order valence-corrected chi connectivity index (χ2v) is 3.85. The summed E-state index contributed by atoms with van der Waals surface area (Å²) in [6.45, 7) is 0. The lowest BCUT2D eigenvalue weighted by molar-refractivity contribution is -0.142. The SMILES string of the molecule is COC(=O)CC[C@H](NC(=O)c1ccnc(F)c1)C(=O)O. The summed E-state index contributed by atoms with van der Waals surface area (Å²) in [7, 11) is 1.18. The Labute approximate surface area is 113 Å². The van der Waals surface area contributed by atoms with E-state index in [2.05, 4.69) is 15.0 Å². The highest BCUT2D eigenvalue weighted by molar-refractivity contribution is 5.96. The van der Waals surface area contributed by atoms with Crippen LogP contribution < -0.4 is 5.32 Å². The minimum atomic E-state index is -1.29. The summed E-state index contributed by atoms with van der Waals surface area (Å²) >= 11 is 0. The van der Waals surface area contributed by atoms with Crippen LogP contribution in [-0.4, -0.2) is 41.1 Å². The fourth-order valence-electron chi connectivity index (χ4n) is 1.41. The molecule has 0 saturated heterocycles. The van der Waals surface area contributed by atoms with Gasteiger partial charge in [0, 0.05) is 24.2 Å². The number of aliphatic carboxylic acids is 1. The largest absolute Gasteiger partial charge is 0.480 e. The first kappa shape index (κ1) is 15.5. The Morgan fingerprint density at radius 3 is 2.75 bits per heavy atom. The summed E-state index contributed by atoms with van der Waals surface area (Å²) in [6, 6.07) is 0.865. The summed E-state index contributed by atoms with van der Waals surface area (Å²) in [5.74, 6) is -3.49. The molecule has 0 saturated carbocycles. The van der Waals surface area contributed by atoms with Gasteiger partial charge in [-0.15, -0.1) is 0 Å². The van der Waals surface area contributed by atoms with E-state index in [4.69, 9.17) is 5.11 Å². The first-order chi connectivity index (χ1) is 9.43. The van der Waals surface area contributed by atoms with Crippen molar-refractivity contribution in [3.05, 3.63) is 29.8 Å². The van der Waals surface area contributed by atoms with E-state index in [0.29, 0.717) is 0 Å². The standard InChI is InChI=1S/C12H13FN2O5/c1-20-10(16)3-2-8(12(18)19)15-11(17)7-4-5-14-9(13)6-7/h4-6,8H,2-3H2,1H3,(H,15,17)(H,18,19)/t8-/m0/s1. The molecule has 108 valence electrons. The van der Waals surface area contributed by atoms with E-state index in [1.54, 1.807) is 0 Å². The fraction of sp³-hybridized carbons (Fsp3) is 0.333. The van der Waals surface area contributed by atoms with Gasteiger partial charge in [-0.05, 0) is 12.5 Å². The number of nitrogens with one attached hydrogen (secondary N) is 1. The molecule has 7 nitrogen and oxygen atoms in total. The summed E-state index contributed by atoms with van der Waals surface area (Å²) in [4.78, 5) is 37.0. The second kappa shape index (κ2) is 7.17. The predicted octanol–water partition coefficient (Wildman–Crippen LogP) is 0.357. The number of carboxylic acid groups (broad SMARTS) is 1. The Morgan fingerprint density at radius 2 is 2.20 bits per heavy atom. The van der Waals surface area contributed by atoms with Crippen molar-refractivity contribution in [2.24, 2.45) is 0 Å². The average molecular weight is 284 g/mol.